The maximum atomic E-state index is 9.44. The van der Waals surface area contributed by atoms with Crippen LogP contribution in [0.1, 0.15) is 103 Å². The highest BCUT2D eigenvalue weighted by atomic mass is 16.5. The number of anilines is 3. The second-order valence-electron chi connectivity index (χ2n) is 12.3. The molecule has 0 N–H and O–H groups in total. The summed E-state index contributed by atoms with van der Waals surface area (Å²) >= 11 is 0. The van der Waals surface area contributed by atoms with Crippen LogP contribution in [-0.4, -0.2) is 6.71 Å². The third-order valence-corrected chi connectivity index (χ3v) is 7.88. The summed E-state index contributed by atoms with van der Waals surface area (Å²) in [5, 5.41) is 0. The molecule has 0 fully saturated rings. The van der Waals surface area contributed by atoms with E-state index in [2.05, 4.69) is 0 Å². The van der Waals surface area contributed by atoms with Gasteiger partial charge in [-0.15, -0.1) is 0 Å². The highest BCUT2D eigenvalue weighted by Crippen LogP contribution is 2.42. The smallest absolute Gasteiger partial charge is 0.256 e. The Hall–Kier alpha value is -3.46. The monoisotopic (exact) mass is 541 g/mol. The van der Waals surface area contributed by atoms with Crippen LogP contribution in [0.3, 0.4) is 0 Å². The third kappa shape index (κ3) is 4.35. The normalized spacial score (nSPS) is 20.8. The molecule has 3 heteroatoms. The molecule has 4 aromatic carbocycles. The molecule has 0 aromatic heterocycles. The molecule has 6 rings (SSSR count). The highest BCUT2D eigenvalue weighted by Gasteiger charge is 2.42. The fourth-order valence-electron chi connectivity index (χ4n) is 5.71. The summed E-state index contributed by atoms with van der Waals surface area (Å²) in [5.41, 5.74) is -0.525. The van der Waals surface area contributed by atoms with Gasteiger partial charge in [0, 0.05) is 33.5 Å². The van der Waals surface area contributed by atoms with Crippen LogP contribution >= 0.6 is 0 Å². The zero-order valence-corrected chi connectivity index (χ0v) is 23.7. The van der Waals surface area contributed by atoms with Gasteiger partial charge in [-0.2, -0.15) is 0 Å². The van der Waals surface area contributed by atoms with E-state index in [0.717, 1.165) is 0 Å². The van der Waals surface area contributed by atoms with Crippen LogP contribution in [0.4, 0.5) is 17.1 Å². The minimum Gasteiger partial charge on any atom is -0.458 e. The molecule has 204 valence electrons. The second-order valence-corrected chi connectivity index (χ2v) is 12.3. The quantitative estimate of drug-likeness (QED) is 0.194. The van der Waals surface area contributed by atoms with Crippen molar-refractivity contribution in [1.29, 1.82) is 0 Å². The third-order valence-electron chi connectivity index (χ3n) is 7.88. The largest absolute Gasteiger partial charge is 0.458 e. The van der Waals surface area contributed by atoms with E-state index in [1.807, 2.05) is 4.90 Å². The lowest BCUT2D eigenvalue weighted by molar-refractivity contribution is 0.486. The second kappa shape index (κ2) is 8.77. The summed E-state index contributed by atoms with van der Waals surface area (Å²) in [4.78, 5) is 1.82. The summed E-state index contributed by atoms with van der Waals surface area (Å²) < 4.78 is 125. The van der Waals surface area contributed by atoms with E-state index >= 15 is 0 Å². The van der Waals surface area contributed by atoms with Crippen molar-refractivity contribution in [3.05, 3.63) is 95.0 Å². The van der Waals surface area contributed by atoms with E-state index in [9.17, 15) is 1.37 Å². The summed E-state index contributed by atoms with van der Waals surface area (Å²) in [6, 6.07) is 16.7. The van der Waals surface area contributed by atoms with Crippen LogP contribution in [0, 0.1) is 6.92 Å². The maximum absolute atomic E-state index is 9.44. The van der Waals surface area contributed by atoms with Crippen LogP contribution in [0.5, 0.6) is 11.5 Å². The molecule has 0 aliphatic carbocycles. The summed E-state index contributed by atoms with van der Waals surface area (Å²) in [7, 11) is 0. The Morgan fingerprint density at radius 1 is 0.675 bits per heavy atom. The molecule has 2 heterocycles. The van der Waals surface area contributed by atoms with Gasteiger partial charge >= 0.3 is 0 Å². The lowest BCUT2D eigenvalue weighted by atomic mass is 9.33. The van der Waals surface area contributed by atoms with Crippen LogP contribution in [0.25, 0.3) is 0 Å². The zero-order chi connectivity index (χ0) is 40.5. The Kier molecular flexibility index (Phi) is 3.28. The molecule has 2 aliphatic rings. The molecular weight excluding hydrogens is 485 g/mol. The molecule has 0 saturated carbocycles. The van der Waals surface area contributed by atoms with Gasteiger partial charge in [0.25, 0.3) is 6.71 Å². The average molecular weight is 542 g/mol. The van der Waals surface area contributed by atoms with Gasteiger partial charge in [-0.05, 0) is 98.2 Å². The van der Waals surface area contributed by atoms with Crippen LogP contribution in [0.15, 0.2) is 72.7 Å². The van der Waals surface area contributed by atoms with E-state index < -0.39 is 50.4 Å². The van der Waals surface area contributed by atoms with Crippen LogP contribution in [0.2, 0.25) is 0 Å². The van der Waals surface area contributed by atoms with Gasteiger partial charge in [-0.3, -0.25) is 0 Å². The highest BCUT2D eigenvalue weighted by molar-refractivity contribution is 6.99. The fraction of sp³-hybridized carbons (Fsp3) is 0.351. The van der Waals surface area contributed by atoms with Crippen molar-refractivity contribution in [2.75, 3.05) is 4.90 Å². The minimum atomic E-state index is -2.94. The van der Waals surface area contributed by atoms with E-state index in [1.165, 1.54) is 25.1 Å². The number of hydrogen-bond donors (Lipinski definition) is 0. The standard InChI is InChI=1S/C37H42BNO/c1-23-19-31-34-33(20-23)40-32-18-14-26(37(8,9)10)22-29(32)38(34)28-21-25(36(5,6)7)13-17-30(28)39(31)27-15-11-24(12-16-27)35(2,3)4/h11-22H,1-10H3/i2D3,5D3,8D3,9D3,19D,20D. The van der Waals surface area contributed by atoms with Crippen molar-refractivity contribution in [2.45, 2.75) is 85.2 Å². The number of ether oxygens (including phenoxy) is 1. The molecule has 0 spiro atoms. The Balaban J connectivity index is 1.71. The van der Waals surface area contributed by atoms with E-state index in [1.54, 1.807) is 77.1 Å². The molecular formula is C37H42BNO. The maximum Gasteiger partial charge on any atom is 0.256 e. The van der Waals surface area contributed by atoms with E-state index in [0.29, 0.717) is 50.1 Å². The van der Waals surface area contributed by atoms with Crippen molar-refractivity contribution in [1.82, 2.24) is 0 Å². The number of fused-ring (bicyclic) bond motifs is 4. The van der Waals surface area contributed by atoms with Crippen molar-refractivity contribution in [2.24, 2.45) is 0 Å². The number of rotatable bonds is 1. The first-order valence-corrected chi connectivity index (χ1v) is 13.5. The van der Waals surface area contributed by atoms with E-state index in [-0.39, 0.29) is 29.1 Å². The first kappa shape index (κ1) is 15.0. The first-order valence-electron chi connectivity index (χ1n) is 20.5. The van der Waals surface area contributed by atoms with Gasteiger partial charge in [-0.25, -0.2) is 0 Å². The van der Waals surface area contributed by atoms with E-state index in [4.69, 9.17) is 22.6 Å². The Morgan fingerprint density at radius 2 is 1.27 bits per heavy atom. The molecule has 0 bridgehead atoms. The van der Waals surface area contributed by atoms with Crippen molar-refractivity contribution >= 4 is 40.2 Å². The number of hydrogen-bond acceptors (Lipinski definition) is 2. The Morgan fingerprint density at radius 3 is 1.98 bits per heavy atom. The molecule has 2 aliphatic heterocycles. The van der Waals surface area contributed by atoms with Crippen molar-refractivity contribution in [3.8, 4) is 11.5 Å². The van der Waals surface area contributed by atoms with Crippen molar-refractivity contribution < 1.29 is 23.9 Å². The molecule has 0 atom stereocenters. The average Bonchev–Trinajstić information content (AvgIpc) is 3.06. The molecule has 4 aromatic rings. The van der Waals surface area contributed by atoms with Crippen LogP contribution in [-0.2, 0) is 16.2 Å². The van der Waals surface area contributed by atoms with Gasteiger partial charge in [0.2, 0.25) is 0 Å². The predicted molar refractivity (Wildman–Crippen MR) is 173 cm³/mol. The Labute approximate surface area is 261 Å². The summed E-state index contributed by atoms with van der Waals surface area (Å²) in [5.74, 6) is 0.428. The fourth-order valence-corrected chi connectivity index (χ4v) is 5.71. The molecule has 2 nitrogen and oxygen atoms in total. The topological polar surface area (TPSA) is 12.5 Å². The van der Waals surface area contributed by atoms with Crippen LogP contribution < -0.4 is 26.0 Å². The van der Waals surface area contributed by atoms with Gasteiger partial charge in [-0.1, -0.05) is 98.4 Å². The Bertz CT molecular complexity index is 2150. The predicted octanol–water partition coefficient (Wildman–Crippen LogP) is 8.29. The lowest BCUT2D eigenvalue weighted by Gasteiger charge is -2.41. The van der Waals surface area contributed by atoms with Gasteiger partial charge in [0.15, 0.2) is 0 Å². The molecule has 0 radical (unpaired) electrons. The molecule has 0 unspecified atom stereocenters. The number of benzene rings is 4. The number of nitrogens with zero attached hydrogens (tertiary/aromatic N) is 1. The SMILES string of the molecule is [2H]c1c(C)c([2H])c2c3c1Oc1ccc(C(C)(C([2H])([2H])[2H])C([2H])([2H])[2H])cc1B3c1cc(C(C)(C)C([2H])([2H])[2H])ccc1N2c1ccc(C(C)(C)C([2H])([2H])[2H])cc1. The van der Waals surface area contributed by atoms with Crippen molar-refractivity contribution in [3.63, 3.8) is 0 Å². The van der Waals surface area contributed by atoms with Gasteiger partial charge in [0.1, 0.15) is 11.5 Å². The summed E-state index contributed by atoms with van der Waals surface area (Å²) in [6.45, 7) is -2.06. The lowest BCUT2D eigenvalue weighted by Crippen LogP contribution is -2.60. The van der Waals surface area contributed by atoms with Gasteiger partial charge < -0.3 is 9.64 Å². The molecule has 0 amide bonds. The molecule has 40 heavy (non-hydrogen) atoms. The zero-order valence-electron chi connectivity index (χ0n) is 37.7. The molecule has 0 saturated heterocycles. The minimum absolute atomic E-state index is 0.0196. The summed E-state index contributed by atoms with van der Waals surface area (Å²) in [6.07, 6.45) is 0. The first-order chi connectivity index (χ1) is 24.5. The van der Waals surface area contributed by atoms with Gasteiger partial charge in [0.05, 0.1) is 2.74 Å².